The average molecular weight is 271 g/mol. The number of hydrogen-bond acceptors (Lipinski definition) is 4. The van der Waals surface area contributed by atoms with Gasteiger partial charge in [-0.3, -0.25) is 0 Å². The van der Waals surface area contributed by atoms with Crippen molar-refractivity contribution in [2.75, 3.05) is 6.61 Å². The van der Waals surface area contributed by atoms with Gasteiger partial charge in [-0.25, -0.2) is 14.6 Å². The standard InChI is InChI=1S/C11H11ClN2O4/c1-2-5-18-11(17)13-6-7-3-4-8(12)9(14-7)10(15)16/h2-4H,1,5-6H2,(H,13,17)(H,15,16). The molecule has 1 heterocycles. The van der Waals surface area contributed by atoms with Crippen LogP contribution in [0.4, 0.5) is 4.79 Å². The van der Waals surface area contributed by atoms with Crippen LogP contribution in [0.3, 0.4) is 0 Å². The minimum atomic E-state index is -1.23. The van der Waals surface area contributed by atoms with Gasteiger partial charge in [-0.1, -0.05) is 24.3 Å². The van der Waals surface area contributed by atoms with Gasteiger partial charge < -0.3 is 15.2 Å². The predicted molar refractivity (Wildman–Crippen MR) is 64.6 cm³/mol. The lowest BCUT2D eigenvalue weighted by Gasteiger charge is -2.06. The van der Waals surface area contributed by atoms with Crippen LogP contribution in [0.25, 0.3) is 0 Å². The fraction of sp³-hybridized carbons (Fsp3) is 0.182. The normalized spacial score (nSPS) is 9.61. The Hall–Kier alpha value is -2.08. The Bertz CT molecular complexity index is 476. The maximum absolute atomic E-state index is 11.1. The molecule has 1 rings (SSSR count). The Balaban J connectivity index is 2.63. The number of nitrogens with one attached hydrogen (secondary N) is 1. The van der Waals surface area contributed by atoms with Crippen molar-refractivity contribution in [1.82, 2.24) is 10.3 Å². The van der Waals surface area contributed by atoms with E-state index >= 15 is 0 Å². The van der Waals surface area contributed by atoms with Gasteiger partial charge in [-0.15, -0.1) is 0 Å². The van der Waals surface area contributed by atoms with E-state index in [0.717, 1.165) is 0 Å². The van der Waals surface area contributed by atoms with Crippen molar-refractivity contribution in [2.45, 2.75) is 6.54 Å². The summed E-state index contributed by atoms with van der Waals surface area (Å²) in [6, 6.07) is 2.92. The summed E-state index contributed by atoms with van der Waals surface area (Å²) >= 11 is 5.66. The summed E-state index contributed by atoms with van der Waals surface area (Å²) in [6.07, 6.45) is 0.798. The van der Waals surface area contributed by atoms with Gasteiger partial charge in [0, 0.05) is 0 Å². The van der Waals surface area contributed by atoms with E-state index in [4.69, 9.17) is 16.7 Å². The van der Waals surface area contributed by atoms with Gasteiger partial charge in [0.2, 0.25) is 0 Å². The molecule has 1 aromatic heterocycles. The van der Waals surface area contributed by atoms with Crippen LogP contribution < -0.4 is 5.32 Å². The first kappa shape index (κ1) is 14.0. The number of aromatic carboxylic acids is 1. The van der Waals surface area contributed by atoms with E-state index in [0.29, 0.717) is 5.69 Å². The maximum atomic E-state index is 11.1. The molecule has 18 heavy (non-hydrogen) atoms. The lowest BCUT2D eigenvalue weighted by atomic mass is 10.3. The second-order valence-corrected chi connectivity index (χ2v) is 3.59. The summed E-state index contributed by atoms with van der Waals surface area (Å²) < 4.78 is 4.68. The highest BCUT2D eigenvalue weighted by atomic mass is 35.5. The third-order valence-corrected chi connectivity index (χ3v) is 2.16. The van der Waals surface area contributed by atoms with E-state index in [1.807, 2.05) is 0 Å². The van der Waals surface area contributed by atoms with E-state index < -0.39 is 12.1 Å². The zero-order valence-electron chi connectivity index (χ0n) is 9.35. The van der Waals surface area contributed by atoms with E-state index in [1.54, 1.807) is 0 Å². The number of pyridine rings is 1. The Kier molecular flexibility index (Phi) is 5.13. The molecule has 0 aliphatic carbocycles. The molecule has 0 bridgehead atoms. The van der Waals surface area contributed by atoms with E-state index in [1.165, 1.54) is 18.2 Å². The first-order valence-electron chi connectivity index (χ1n) is 4.95. The minimum Gasteiger partial charge on any atom is -0.476 e. The molecule has 0 saturated carbocycles. The van der Waals surface area contributed by atoms with Crippen molar-refractivity contribution < 1.29 is 19.4 Å². The predicted octanol–water partition coefficient (Wildman–Crippen LogP) is 1.85. The molecule has 0 aromatic carbocycles. The summed E-state index contributed by atoms with van der Waals surface area (Å²) in [6.45, 7) is 3.54. The number of halogens is 1. The Morgan fingerprint density at radius 2 is 2.28 bits per heavy atom. The van der Waals surface area contributed by atoms with Crippen LogP contribution in [0.2, 0.25) is 5.02 Å². The second kappa shape index (κ2) is 6.61. The number of nitrogens with zero attached hydrogens (tertiary/aromatic N) is 1. The van der Waals surface area contributed by atoms with Crippen LogP contribution in [0.15, 0.2) is 24.8 Å². The number of ether oxygens (including phenoxy) is 1. The third-order valence-electron chi connectivity index (χ3n) is 1.85. The number of aromatic nitrogens is 1. The van der Waals surface area contributed by atoms with Crippen LogP contribution in [0.5, 0.6) is 0 Å². The molecular weight excluding hydrogens is 260 g/mol. The summed E-state index contributed by atoms with van der Waals surface area (Å²) in [4.78, 5) is 25.7. The lowest BCUT2D eigenvalue weighted by Crippen LogP contribution is -2.24. The number of carboxylic acids is 1. The van der Waals surface area contributed by atoms with Gasteiger partial charge in [0.1, 0.15) is 6.61 Å². The largest absolute Gasteiger partial charge is 0.476 e. The monoisotopic (exact) mass is 270 g/mol. The van der Waals surface area contributed by atoms with E-state index in [2.05, 4.69) is 21.6 Å². The molecule has 0 spiro atoms. The van der Waals surface area contributed by atoms with Gasteiger partial charge >= 0.3 is 12.1 Å². The highest BCUT2D eigenvalue weighted by Crippen LogP contribution is 2.14. The fourth-order valence-corrected chi connectivity index (χ4v) is 1.27. The molecule has 0 radical (unpaired) electrons. The number of rotatable bonds is 5. The van der Waals surface area contributed by atoms with Gasteiger partial charge in [0.05, 0.1) is 17.3 Å². The molecule has 2 N–H and O–H groups in total. The quantitative estimate of drug-likeness (QED) is 0.797. The van der Waals surface area contributed by atoms with Gasteiger partial charge in [0.15, 0.2) is 5.69 Å². The zero-order chi connectivity index (χ0) is 13.5. The number of amides is 1. The highest BCUT2D eigenvalue weighted by molar-refractivity contribution is 6.33. The number of carbonyl (C=O) groups is 2. The SMILES string of the molecule is C=CCOC(=O)NCc1ccc(Cl)c(C(=O)O)n1. The topological polar surface area (TPSA) is 88.5 Å². The maximum Gasteiger partial charge on any atom is 0.407 e. The number of carboxylic acid groups (broad SMARTS) is 1. The van der Waals surface area contributed by atoms with Crippen molar-refractivity contribution in [3.8, 4) is 0 Å². The van der Waals surface area contributed by atoms with E-state index in [-0.39, 0.29) is 23.9 Å². The summed E-state index contributed by atoms with van der Waals surface area (Å²) in [7, 11) is 0. The molecule has 7 heteroatoms. The molecule has 0 aliphatic heterocycles. The molecule has 0 unspecified atom stereocenters. The van der Waals surface area contributed by atoms with Crippen LogP contribution in [-0.2, 0) is 11.3 Å². The molecule has 0 atom stereocenters. The summed E-state index contributed by atoms with van der Waals surface area (Å²) in [5.74, 6) is -1.23. The van der Waals surface area contributed by atoms with Crippen LogP contribution in [0.1, 0.15) is 16.2 Å². The average Bonchev–Trinajstić information content (AvgIpc) is 2.35. The third kappa shape index (κ3) is 4.06. The summed E-state index contributed by atoms with van der Waals surface area (Å²) in [5, 5.41) is 11.3. The molecular formula is C11H11ClN2O4. The Morgan fingerprint density at radius 3 is 2.89 bits per heavy atom. The van der Waals surface area contributed by atoms with Gasteiger partial charge in [-0.05, 0) is 12.1 Å². The van der Waals surface area contributed by atoms with Crippen molar-refractivity contribution in [3.05, 3.63) is 41.2 Å². The van der Waals surface area contributed by atoms with Crippen molar-refractivity contribution >= 4 is 23.7 Å². The summed E-state index contributed by atoms with van der Waals surface area (Å²) in [5.41, 5.74) is 0.114. The van der Waals surface area contributed by atoms with Crippen molar-refractivity contribution in [1.29, 1.82) is 0 Å². The Morgan fingerprint density at radius 1 is 1.56 bits per heavy atom. The molecule has 1 aromatic rings. The number of hydrogen-bond donors (Lipinski definition) is 2. The van der Waals surface area contributed by atoms with Crippen LogP contribution >= 0.6 is 11.6 Å². The van der Waals surface area contributed by atoms with Gasteiger partial charge in [0.25, 0.3) is 0 Å². The van der Waals surface area contributed by atoms with Gasteiger partial charge in [-0.2, -0.15) is 0 Å². The lowest BCUT2D eigenvalue weighted by molar-refractivity contribution is 0.0690. The first-order valence-corrected chi connectivity index (χ1v) is 5.32. The first-order chi connectivity index (χ1) is 8.54. The zero-order valence-corrected chi connectivity index (χ0v) is 10.1. The van der Waals surface area contributed by atoms with Crippen LogP contribution in [-0.4, -0.2) is 28.8 Å². The highest BCUT2D eigenvalue weighted by Gasteiger charge is 2.11. The number of carbonyl (C=O) groups excluding carboxylic acids is 1. The van der Waals surface area contributed by atoms with E-state index in [9.17, 15) is 9.59 Å². The Labute approximate surface area is 108 Å². The minimum absolute atomic E-state index is 0.0421. The fourth-order valence-electron chi connectivity index (χ4n) is 1.08. The molecule has 96 valence electrons. The number of alkyl carbamates (subject to hydrolysis) is 1. The second-order valence-electron chi connectivity index (χ2n) is 3.18. The smallest absolute Gasteiger partial charge is 0.407 e. The molecule has 0 saturated heterocycles. The van der Waals surface area contributed by atoms with Crippen molar-refractivity contribution in [3.63, 3.8) is 0 Å². The molecule has 6 nitrogen and oxygen atoms in total. The molecule has 0 fully saturated rings. The molecule has 0 aliphatic rings. The van der Waals surface area contributed by atoms with Crippen molar-refractivity contribution in [2.24, 2.45) is 0 Å². The molecule has 1 amide bonds. The van der Waals surface area contributed by atoms with Crippen LogP contribution in [0, 0.1) is 0 Å².